The second-order valence-electron chi connectivity index (χ2n) is 4.87. The quantitative estimate of drug-likeness (QED) is 0.820. The first-order valence-electron chi connectivity index (χ1n) is 6.81. The molecule has 0 unspecified atom stereocenters. The van der Waals surface area contributed by atoms with E-state index in [2.05, 4.69) is 23.3 Å². The van der Waals surface area contributed by atoms with E-state index in [0.29, 0.717) is 19.6 Å². The van der Waals surface area contributed by atoms with Crippen molar-refractivity contribution >= 4 is 16.8 Å². The van der Waals surface area contributed by atoms with Crippen molar-refractivity contribution < 1.29 is 9.53 Å². The van der Waals surface area contributed by atoms with Crippen molar-refractivity contribution in [2.75, 3.05) is 20.3 Å². The van der Waals surface area contributed by atoms with E-state index in [4.69, 9.17) is 4.74 Å². The lowest BCUT2D eigenvalue weighted by atomic mass is 10.1. The Bertz CT molecular complexity index is 596. The number of carbonyl (C=O) groups excluding carboxylic acids is 1. The minimum Gasteiger partial charge on any atom is -0.385 e. The molecule has 0 spiro atoms. The summed E-state index contributed by atoms with van der Waals surface area (Å²) in [5, 5.41) is 3.97. The van der Waals surface area contributed by atoms with Crippen LogP contribution in [0.2, 0.25) is 0 Å². The fraction of sp³-hybridized carbons (Fsp3) is 0.375. The molecule has 20 heavy (non-hydrogen) atoms. The molecule has 1 amide bonds. The van der Waals surface area contributed by atoms with Crippen LogP contribution in [0.15, 0.2) is 30.3 Å². The predicted molar refractivity (Wildman–Crippen MR) is 79.7 cm³/mol. The zero-order valence-corrected chi connectivity index (χ0v) is 12.0. The highest BCUT2D eigenvalue weighted by atomic mass is 16.5. The molecule has 0 radical (unpaired) electrons. The van der Waals surface area contributed by atoms with E-state index < -0.39 is 0 Å². The van der Waals surface area contributed by atoms with E-state index in [9.17, 15) is 4.79 Å². The number of rotatable bonds is 6. The average molecular weight is 272 g/mol. The lowest BCUT2D eigenvalue weighted by molar-refractivity contribution is -0.120. The van der Waals surface area contributed by atoms with Crippen LogP contribution in [0.25, 0.3) is 10.9 Å². The highest BCUT2D eigenvalue weighted by Crippen LogP contribution is 2.14. The number of fused-ring (bicyclic) bond motifs is 1. The van der Waals surface area contributed by atoms with Crippen LogP contribution in [0.4, 0.5) is 0 Å². The van der Waals surface area contributed by atoms with Crippen molar-refractivity contribution in [2.24, 2.45) is 0 Å². The van der Waals surface area contributed by atoms with Crippen molar-refractivity contribution in [1.29, 1.82) is 0 Å². The first kappa shape index (κ1) is 14.5. The molecule has 1 aromatic heterocycles. The summed E-state index contributed by atoms with van der Waals surface area (Å²) >= 11 is 0. The molecule has 2 rings (SSSR count). The average Bonchev–Trinajstić information content (AvgIpc) is 2.44. The Morgan fingerprint density at radius 2 is 2.15 bits per heavy atom. The second-order valence-corrected chi connectivity index (χ2v) is 4.87. The molecule has 1 N–H and O–H groups in total. The molecule has 0 saturated heterocycles. The molecule has 1 heterocycles. The molecule has 0 aliphatic carbocycles. The number of nitrogens with zero attached hydrogens (tertiary/aromatic N) is 1. The molecule has 2 aromatic rings. The summed E-state index contributed by atoms with van der Waals surface area (Å²) in [7, 11) is 1.66. The normalized spacial score (nSPS) is 10.7. The molecule has 0 saturated carbocycles. The highest BCUT2D eigenvalue weighted by molar-refractivity contribution is 5.82. The van der Waals surface area contributed by atoms with Gasteiger partial charge in [-0.25, -0.2) is 0 Å². The third kappa shape index (κ3) is 4.03. The standard InChI is InChI=1S/C16H20N2O2/c1-12-4-7-15-13(10-12)5-6-14(18-15)11-16(19)17-8-3-9-20-2/h4-7,10H,3,8-9,11H2,1-2H3,(H,17,19). The van der Waals surface area contributed by atoms with E-state index in [0.717, 1.165) is 23.0 Å². The zero-order chi connectivity index (χ0) is 14.4. The first-order valence-corrected chi connectivity index (χ1v) is 6.81. The number of pyridine rings is 1. The maximum Gasteiger partial charge on any atom is 0.226 e. The molecule has 106 valence electrons. The molecule has 0 atom stereocenters. The van der Waals surface area contributed by atoms with Gasteiger partial charge in [0, 0.05) is 25.6 Å². The summed E-state index contributed by atoms with van der Waals surface area (Å²) < 4.78 is 4.94. The largest absolute Gasteiger partial charge is 0.385 e. The second kappa shape index (κ2) is 7.01. The van der Waals surface area contributed by atoms with Gasteiger partial charge < -0.3 is 10.1 Å². The fourth-order valence-electron chi connectivity index (χ4n) is 2.06. The van der Waals surface area contributed by atoms with Gasteiger partial charge in [-0.3, -0.25) is 9.78 Å². The Morgan fingerprint density at radius 1 is 1.30 bits per heavy atom. The minimum absolute atomic E-state index is 0.0000599. The van der Waals surface area contributed by atoms with Gasteiger partial charge in [0.25, 0.3) is 0 Å². The van der Waals surface area contributed by atoms with Crippen molar-refractivity contribution in [3.63, 3.8) is 0 Å². The summed E-state index contributed by atoms with van der Waals surface area (Å²) in [6.45, 7) is 3.36. The Hall–Kier alpha value is -1.94. The van der Waals surface area contributed by atoms with Gasteiger partial charge in [0.2, 0.25) is 5.91 Å². The van der Waals surface area contributed by atoms with Gasteiger partial charge in [0.05, 0.1) is 17.6 Å². The van der Waals surface area contributed by atoms with E-state index in [1.54, 1.807) is 7.11 Å². The topological polar surface area (TPSA) is 51.2 Å². The van der Waals surface area contributed by atoms with Crippen LogP contribution < -0.4 is 5.32 Å². The zero-order valence-electron chi connectivity index (χ0n) is 12.0. The number of carbonyl (C=O) groups is 1. The smallest absolute Gasteiger partial charge is 0.226 e. The Kier molecular flexibility index (Phi) is 5.07. The van der Waals surface area contributed by atoms with E-state index >= 15 is 0 Å². The number of hydrogen-bond donors (Lipinski definition) is 1. The highest BCUT2D eigenvalue weighted by Gasteiger charge is 2.05. The van der Waals surface area contributed by atoms with Crippen molar-refractivity contribution in [3.05, 3.63) is 41.6 Å². The van der Waals surface area contributed by atoms with Crippen LogP contribution in [0, 0.1) is 6.92 Å². The van der Waals surface area contributed by atoms with Crippen LogP contribution in [0.3, 0.4) is 0 Å². The van der Waals surface area contributed by atoms with Crippen LogP contribution in [0.5, 0.6) is 0 Å². The molecule has 4 heteroatoms. The van der Waals surface area contributed by atoms with E-state index in [-0.39, 0.29) is 5.91 Å². The Labute approximate surface area is 119 Å². The summed E-state index contributed by atoms with van der Waals surface area (Å²) in [5.74, 6) is 0.0000599. The Balaban J connectivity index is 1.96. The first-order chi connectivity index (χ1) is 9.69. The SMILES string of the molecule is COCCCNC(=O)Cc1ccc2cc(C)ccc2n1. The molecule has 0 aliphatic heterocycles. The maximum absolute atomic E-state index is 11.8. The lowest BCUT2D eigenvalue weighted by Gasteiger charge is -2.06. The van der Waals surface area contributed by atoms with Gasteiger partial charge in [0.1, 0.15) is 0 Å². The van der Waals surface area contributed by atoms with E-state index in [1.807, 2.05) is 24.3 Å². The molecular weight excluding hydrogens is 252 g/mol. The van der Waals surface area contributed by atoms with Gasteiger partial charge in [0.15, 0.2) is 0 Å². The summed E-state index contributed by atoms with van der Waals surface area (Å²) in [4.78, 5) is 16.3. The van der Waals surface area contributed by atoms with Gasteiger partial charge >= 0.3 is 0 Å². The van der Waals surface area contributed by atoms with Crippen molar-refractivity contribution in [1.82, 2.24) is 10.3 Å². The maximum atomic E-state index is 11.8. The van der Waals surface area contributed by atoms with Crippen LogP contribution in [-0.4, -0.2) is 31.2 Å². The van der Waals surface area contributed by atoms with Crippen LogP contribution >= 0.6 is 0 Å². The number of hydrogen-bond acceptors (Lipinski definition) is 3. The number of benzene rings is 1. The number of methoxy groups -OCH3 is 1. The van der Waals surface area contributed by atoms with E-state index in [1.165, 1.54) is 5.56 Å². The van der Waals surface area contributed by atoms with Crippen molar-refractivity contribution in [3.8, 4) is 0 Å². The van der Waals surface area contributed by atoms with Crippen LogP contribution in [0.1, 0.15) is 17.7 Å². The van der Waals surface area contributed by atoms with Gasteiger partial charge in [-0.05, 0) is 31.5 Å². The van der Waals surface area contributed by atoms with Gasteiger partial charge in [-0.1, -0.05) is 17.7 Å². The molecule has 4 nitrogen and oxygen atoms in total. The predicted octanol–water partition coefficient (Wildman–Crippen LogP) is 2.24. The minimum atomic E-state index is 0.0000599. The van der Waals surface area contributed by atoms with Crippen molar-refractivity contribution in [2.45, 2.75) is 19.8 Å². The number of nitrogens with one attached hydrogen (secondary N) is 1. The molecule has 0 bridgehead atoms. The number of aryl methyl sites for hydroxylation is 1. The summed E-state index contributed by atoms with van der Waals surface area (Å²) in [6.07, 6.45) is 1.14. The molecule has 1 aromatic carbocycles. The molecular formula is C16H20N2O2. The summed E-state index contributed by atoms with van der Waals surface area (Å²) in [5.41, 5.74) is 2.94. The Morgan fingerprint density at radius 3 is 2.95 bits per heavy atom. The molecule has 0 fully saturated rings. The number of aromatic nitrogens is 1. The van der Waals surface area contributed by atoms with Gasteiger partial charge in [-0.15, -0.1) is 0 Å². The third-order valence-electron chi connectivity index (χ3n) is 3.09. The summed E-state index contributed by atoms with van der Waals surface area (Å²) in [6, 6.07) is 10.0. The monoisotopic (exact) mass is 272 g/mol. The third-order valence-corrected chi connectivity index (χ3v) is 3.09. The lowest BCUT2D eigenvalue weighted by Crippen LogP contribution is -2.27. The van der Waals surface area contributed by atoms with Crippen LogP contribution in [-0.2, 0) is 16.0 Å². The number of amides is 1. The fourth-order valence-corrected chi connectivity index (χ4v) is 2.06. The number of ether oxygens (including phenoxy) is 1. The molecule has 0 aliphatic rings. The van der Waals surface area contributed by atoms with Gasteiger partial charge in [-0.2, -0.15) is 0 Å².